The predicted molar refractivity (Wildman–Crippen MR) is 282 cm³/mol. The quantitative estimate of drug-likeness (QED) is 0.0796. The number of carbonyl (C=O) groups is 6. The van der Waals surface area contributed by atoms with E-state index in [1.165, 1.54) is 10.5 Å². The lowest BCUT2D eigenvalue weighted by atomic mass is 10.1. The van der Waals surface area contributed by atoms with Gasteiger partial charge in [0.15, 0.2) is 17.3 Å². The van der Waals surface area contributed by atoms with Gasteiger partial charge in [-0.3, -0.25) is 28.8 Å². The number of Topliss-reactive ketones (excluding diaryl/α,β-unsaturated/α-hetero) is 2. The molecule has 4 aliphatic rings. The summed E-state index contributed by atoms with van der Waals surface area (Å²) in [7, 11) is 7.18. The van der Waals surface area contributed by atoms with Crippen molar-refractivity contribution in [2.45, 2.75) is 96.9 Å². The zero-order valence-electron chi connectivity index (χ0n) is 42.6. The summed E-state index contributed by atoms with van der Waals surface area (Å²) in [6.07, 6.45) is 3.72. The molecule has 0 aliphatic carbocycles. The smallest absolute Gasteiger partial charge is 0.260 e. The molecular formula is C58H64N6O9. The molecule has 0 fully saturated rings. The molecule has 0 radical (unpaired) electrons. The molecule has 0 bridgehead atoms. The summed E-state index contributed by atoms with van der Waals surface area (Å²) >= 11 is 0. The van der Waals surface area contributed by atoms with Gasteiger partial charge in [0.25, 0.3) is 11.8 Å². The standard InChI is InChI=1S/C58H64N6O9/c1-7-44(65)16-10-13-19-55(67)59-31-45(66)20-21-56(68)62(5)41-24-37(34-72-52-29-50-46(22-36(52)2)57(69)63-42(32-60(50)3)26-39-14-8-11-17-48(39)63)23-38(25-41)35-73-54-30-51-47(28-53(54)71-6)58(70)64-43(33-61(51)4)27-40-15-9-12-18-49(40)64/h8-9,11-12,14-15,17-18,22-25,28-30,42-43H,7,10,13,16,19-21,26-27,31-35H2,1-6H3,(H,59,67)/t42-,43-/m0/s1. The number of ether oxygens (including phenoxy) is 3. The van der Waals surface area contributed by atoms with Crippen LogP contribution in [-0.4, -0.2) is 95.2 Å². The lowest BCUT2D eigenvalue weighted by molar-refractivity contribution is -0.126. The van der Waals surface area contributed by atoms with E-state index in [1.54, 1.807) is 20.2 Å². The van der Waals surface area contributed by atoms with Gasteiger partial charge in [-0.1, -0.05) is 43.3 Å². The van der Waals surface area contributed by atoms with Crippen LogP contribution in [0, 0.1) is 6.92 Å². The minimum absolute atomic E-state index is 0.00360. The zero-order chi connectivity index (χ0) is 51.5. The molecule has 5 aromatic carbocycles. The third kappa shape index (κ3) is 10.6. The highest BCUT2D eigenvalue weighted by atomic mass is 16.5. The Morgan fingerprint density at radius 1 is 0.644 bits per heavy atom. The first kappa shape index (κ1) is 50.3. The van der Waals surface area contributed by atoms with Crippen LogP contribution in [0.4, 0.5) is 28.4 Å². The Hall–Kier alpha value is -7.68. The number of methoxy groups -OCH3 is 1. The lowest BCUT2D eigenvalue weighted by Crippen LogP contribution is -2.41. The molecule has 9 rings (SSSR count). The van der Waals surface area contributed by atoms with Gasteiger partial charge in [-0.05, 0) is 103 Å². The Morgan fingerprint density at radius 3 is 1.78 bits per heavy atom. The fourth-order valence-corrected chi connectivity index (χ4v) is 10.6. The highest BCUT2D eigenvalue weighted by molar-refractivity contribution is 6.13. The fraction of sp³-hybridized carbons (Fsp3) is 0.379. The molecule has 0 unspecified atom stereocenters. The van der Waals surface area contributed by atoms with Gasteiger partial charge in [-0.25, -0.2) is 0 Å². The minimum atomic E-state index is -0.300. The predicted octanol–water partition coefficient (Wildman–Crippen LogP) is 8.17. The number of para-hydroxylation sites is 2. The van der Waals surface area contributed by atoms with E-state index in [0.717, 1.165) is 57.8 Å². The molecule has 4 amide bonds. The van der Waals surface area contributed by atoms with Gasteiger partial charge in [-0.15, -0.1) is 0 Å². The van der Waals surface area contributed by atoms with Crippen LogP contribution in [0.25, 0.3) is 0 Å². The van der Waals surface area contributed by atoms with Crippen LogP contribution in [0.1, 0.15) is 100 Å². The SMILES string of the molecule is CCC(=O)CCCCC(=O)NCC(=O)CCC(=O)N(C)c1cc(COc2cc3c(cc2C)C(=O)N2c4ccccc4C[C@H]2CN3C)cc(COc2cc3c(cc2OC)C(=O)N2c4ccccc4C[C@H]2CN3C)c1. The molecule has 4 aliphatic heterocycles. The third-order valence-electron chi connectivity index (χ3n) is 14.6. The average Bonchev–Trinajstić information content (AvgIpc) is 3.90. The molecule has 380 valence electrons. The number of nitrogens with one attached hydrogen (secondary N) is 1. The molecule has 5 aromatic rings. The minimum Gasteiger partial charge on any atom is -0.493 e. The van der Waals surface area contributed by atoms with Crippen LogP contribution in [0.3, 0.4) is 0 Å². The van der Waals surface area contributed by atoms with Gasteiger partial charge < -0.3 is 44.0 Å². The number of aryl methyl sites for hydroxylation is 1. The molecule has 0 saturated heterocycles. The Kier molecular flexibility index (Phi) is 14.9. The monoisotopic (exact) mass is 988 g/mol. The van der Waals surface area contributed by atoms with E-state index < -0.39 is 0 Å². The van der Waals surface area contributed by atoms with Crippen LogP contribution in [0.2, 0.25) is 0 Å². The number of amides is 4. The number of fused-ring (bicyclic) bond motifs is 8. The normalized spacial score (nSPS) is 16.3. The molecular weight excluding hydrogens is 925 g/mol. The van der Waals surface area contributed by atoms with E-state index in [0.29, 0.717) is 72.8 Å². The second-order valence-corrected chi connectivity index (χ2v) is 19.7. The second-order valence-electron chi connectivity index (χ2n) is 19.7. The lowest BCUT2D eigenvalue weighted by Gasteiger charge is -2.25. The molecule has 73 heavy (non-hydrogen) atoms. The summed E-state index contributed by atoms with van der Waals surface area (Å²) in [6.45, 7) is 5.02. The van der Waals surface area contributed by atoms with Gasteiger partial charge in [0, 0.05) is 95.5 Å². The third-order valence-corrected chi connectivity index (χ3v) is 14.6. The van der Waals surface area contributed by atoms with E-state index in [9.17, 15) is 28.8 Å². The first-order chi connectivity index (χ1) is 35.2. The number of rotatable bonds is 19. The summed E-state index contributed by atoms with van der Waals surface area (Å²) in [4.78, 5) is 88.6. The highest BCUT2D eigenvalue weighted by Crippen LogP contribution is 2.43. The highest BCUT2D eigenvalue weighted by Gasteiger charge is 2.41. The number of benzene rings is 5. The molecule has 4 heterocycles. The topological polar surface area (TPSA) is 158 Å². The van der Waals surface area contributed by atoms with Crippen molar-refractivity contribution in [2.24, 2.45) is 0 Å². The number of unbranched alkanes of at least 4 members (excludes halogenated alkanes) is 1. The summed E-state index contributed by atoms with van der Waals surface area (Å²) in [6, 6.07) is 29.2. The number of nitrogens with zero attached hydrogens (tertiary/aromatic N) is 5. The summed E-state index contributed by atoms with van der Waals surface area (Å²) in [5, 5.41) is 2.65. The van der Waals surface area contributed by atoms with Crippen LogP contribution < -0.4 is 44.0 Å². The first-order valence-corrected chi connectivity index (χ1v) is 25.3. The van der Waals surface area contributed by atoms with E-state index in [-0.39, 0.29) is 86.3 Å². The van der Waals surface area contributed by atoms with Crippen molar-refractivity contribution in [3.8, 4) is 17.2 Å². The van der Waals surface area contributed by atoms with E-state index >= 15 is 0 Å². The molecule has 15 heteroatoms. The van der Waals surface area contributed by atoms with E-state index in [4.69, 9.17) is 14.2 Å². The van der Waals surface area contributed by atoms with Crippen molar-refractivity contribution in [2.75, 3.05) is 72.4 Å². The average molecular weight is 989 g/mol. The fourth-order valence-electron chi connectivity index (χ4n) is 10.6. The van der Waals surface area contributed by atoms with Gasteiger partial charge in [0.1, 0.15) is 24.7 Å². The van der Waals surface area contributed by atoms with Gasteiger partial charge in [0.05, 0.1) is 48.2 Å². The maximum atomic E-state index is 14.3. The van der Waals surface area contributed by atoms with Crippen LogP contribution in [-0.2, 0) is 45.2 Å². The Labute approximate surface area is 427 Å². The van der Waals surface area contributed by atoms with Crippen molar-refractivity contribution >= 4 is 63.6 Å². The van der Waals surface area contributed by atoms with Gasteiger partial charge >= 0.3 is 0 Å². The van der Waals surface area contributed by atoms with Crippen LogP contribution >= 0.6 is 0 Å². The van der Waals surface area contributed by atoms with Crippen LogP contribution in [0.15, 0.2) is 91.0 Å². The Bertz CT molecular complexity index is 2990. The number of hydrogen-bond donors (Lipinski definition) is 1. The van der Waals surface area contributed by atoms with Crippen LogP contribution in [0.5, 0.6) is 17.2 Å². The van der Waals surface area contributed by atoms with Crippen molar-refractivity contribution in [1.82, 2.24) is 5.32 Å². The largest absolute Gasteiger partial charge is 0.493 e. The second kappa shape index (κ2) is 21.6. The molecule has 0 saturated carbocycles. The maximum absolute atomic E-state index is 14.3. The molecule has 15 nitrogen and oxygen atoms in total. The van der Waals surface area contributed by atoms with Crippen molar-refractivity contribution < 1.29 is 43.0 Å². The zero-order valence-corrected chi connectivity index (χ0v) is 42.6. The summed E-state index contributed by atoms with van der Waals surface area (Å²) in [5.41, 5.74) is 9.64. The molecule has 2 atom stereocenters. The number of carbonyl (C=O) groups excluding carboxylic acids is 6. The van der Waals surface area contributed by atoms with Crippen molar-refractivity contribution in [1.29, 1.82) is 0 Å². The van der Waals surface area contributed by atoms with Gasteiger partial charge in [-0.2, -0.15) is 0 Å². The van der Waals surface area contributed by atoms with Gasteiger partial charge in [0.2, 0.25) is 11.8 Å². The van der Waals surface area contributed by atoms with E-state index in [1.807, 2.05) is 111 Å². The number of likely N-dealkylation sites (N-methyl/N-ethyl adjacent to an activating group) is 2. The molecule has 0 spiro atoms. The van der Waals surface area contributed by atoms with Crippen molar-refractivity contribution in [3.05, 3.63) is 130 Å². The summed E-state index contributed by atoms with van der Waals surface area (Å²) < 4.78 is 19.0. The molecule has 1 N–H and O–H groups in total. The van der Waals surface area contributed by atoms with E-state index in [2.05, 4.69) is 27.2 Å². The number of anilines is 5. The summed E-state index contributed by atoms with van der Waals surface area (Å²) in [5.74, 6) is 0.639. The first-order valence-electron chi connectivity index (χ1n) is 25.3. The number of ketones is 2. The Balaban J connectivity index is 0.934. The van der Waals surface area contributed by atoms with Crippen molar-refractivity contribution in [3.63, 3.8) is 0 Å². The molecule has 0 aromatic heterocycles. The maximum Gasteiger partial charge on any atom is 0.260 e. The Morgan fingerprint density at radius 2 is 1.19 bits per heavy atom. The number of hydrogen-bond acceptors (Lipinski definition) is 11.